The minimum atomic E-state index is -5.08. The number of anilines is 1. The molecular formula is C29H24F9N3O5. The van der Waals surface area contributed by atoms with E-state index in [9.17, 15) is 49.4 Å². The van der Waals surface area contributed by atoms with Crippen molar-refractivity contribution in [3.05, 3.63) is 89.2 Å². The quantitative estimate of drug-likeness (QED) is 0.101. The fourth-order valence-electron chi connectivity index (χ4n) is 4.21. The fraction of sp³-hybridized carbons (Fsp3) is 0.276. The minimum absolute atomic E-state index is 0.0199. The van der Waals surface area contributed by atoms with Crippen molar-refractivity contribution in [2.45, 2.75) is 37.3 Å². The minimum Gasteiger partial charge on any atom is -0.493 e. The Labute approximate surface area is 253 Å². The Bertz CT molecular complexity index is 1600. The summed E-state index contributed by atoms with van der Waals surface area (Å²) < 4.78 is 118. The monoisotopic (exact) mass is 665 g/mol. The normalized spacial score (nSPS) is 12.6. The molecule has 0 saturated heterocycles. The molecule has 0 aliphatic carbocycles. The Morgan fingerprint density at radius 3 is 2.04 bits per heavy atom. The van der Waals surface area contributed by atoms with Crippen molar-refractivity contribution in [1.29, 1.82) is 0 Å². The van der Waals surface area contributed by atoms with Crippen LogP contribution in [0.15, 0.2) is 67.0 Å². The lowest BCUT2D eigenvalue weighted by Gasteiger charge is -2.20. The number of hydrogen-bond donors (Lipinski definition) is 4. The standard InChI is InChI=1S/C27H23F6N3O3.C2HF3O2/c28-26(29,30)17-10-16(11-18(12-17)27(31,32)33)21(14-25(37)38)22-15-36-23-13-19(5-6-20(22)23)39-9-3-8-35-24-4-1-2-7-34-24;3-2(4,5)1(6)7/h1-2,4-7,10-13,15,21,36H,3,8-9,14H2,(H,34,35)(H,37,38);(H,6,7). The van der Waals surface area contributed by atoms with Gasteiger partial charge in [-0.2, -0.15) is 39.5 Å². The van der Waals surface area contributed by atoms with E-state index in [1.165, 1.54) is 6.20 Å². The maximum atomic E-state index is 13.4. The van der Waals surface area contributed by atoms with Crippen LogP contribution in [-0.2, 0) is 21.9 Å². The summed E-state index contributed by atoms with van der Waals surface area (Å²) in [6.07, 6.45) is -12.2. The van der Waals surface area contributed by atoms with Gasteiger partial charge in [0.15, 0.2) is 0 Å². The average Bonchev–Trinajstić information content (AvgIpc) is 3.38. The lowest BCUT2D eigenvalue weighted by molar-refractivity contribution is -0.192. The number of nitrogens with one attached hydrogen (secondary N) is 2. The summed E-state index contributed by atoms with van der Waals surface area (Å²) in [4.78, 5) is 27.6. The molecule has 2 aromatic carbocycles. The van der Waals surface area contributed by atoms with E-state index in [2.05, 4.69) is 15.3 Å². The van der Waals surface area contributed by atoms with E-state index in [1.807, 2.05) is 12.1 Å². The van der Waals surface area contributed by atoms with E-state index in [0.29, 0.717) is 48.4 Å². The Kier molecular flexibility index (Phi) is 11.1. The zero-order valence-electron chi connectivity index (χ0n) is 23.2. The Morgan fingerprint density at radius 2 is 1.52 bits per heavy atom. The molecule has 46 heavy (non-hydrogen) atoms. The Hall–Kier alpha value is -4.96. The van der Waals surface area contributed by atoms with Gasteiger partial charge in [-0.15, -0.1) is 0 Å². The third-order valence-electron chi connectivity index (χ3n) is 6.26. The number of H-pyrrole nitrogens is 1. The number of aromatic nitrogens is 2. The number of aliphatic carboxylic acids is 2. The number of pyridine rings is 1. The second-order valence-electron chi connectivity index (χ2n) is 9.59. The number of hydrogen-bond acceptors (Lipinski definition) is 5. The Balaban J connectivity index is 0.000000738. The van der Waals surface area contributed by atoms with Crippen LogP contribution < -0.4 is 10.1 Å². The first-order chi connectivity index (χ1) is 21.4. The molecule has 0 amide bonds. The average molecular weight is 666 g/mol. The van der Waals surface area contributed by atoms with E-state index in [4.69, 9.17) is 14.6 Å². The van der Waals surface area contributed by atoms with Gasteiger partial charge in [0.2, 0.25) is 0 Å². The van der Waals surface area contributed by atoms with Crippen molar-refractivity contribution in [3.8, 4) is 5.75 Å². The summed E-state index contributed by atoms with van der Waals surface area (Å²) in [7, 11) is 0. The number of alkyl halides is 9. The van der Waals surface area contributed by atoms with Crippen molar-refractivity contribution in [2.24, 2.45) is 0 Å². The molecule has 0 fully saturated rings. The van der Waals surface area contributed by atoms with Crippen molar-refractivity contribution in [3.63, 3.8) is 0 Å². The highest BCUT2D eigenvalue weighted by atomic mass is 19.4. The predicted octanol–water partition coefficient (Wildman–Crippen LogP) is 7.72. The number of halogens is 9. The lowest BCUT2D eigenvalue weighted by atomic mass is 9.86. The van der Waals surface area contributed by atoms with Gasteiger partial charge in [0.1, 0.15) is 11.6 Å². The maximum Gasteiger partial charge on any atom is 0.490 e. The molecular weight excluding hydrogens is 641 g/mol. The molecule has 0 radical (unpaired) electrons. The highest BCUT2D eigenvalue weighted by molar-refractivity contribution is 5.86. The smallest absolute Gasteiger partial charge is 0.490 e. The van der Waals surface area contributed by atoms with E-state index >= 15 is 0 Å². The first-order valence-corrected chi connectivity index (χ1v) is 13.1. The van der Waals surface area contributed by atoms with E-state index in [0.717, 1.165) is 5.82 Å². The largest absolute Gasteiger partial charge is 0.493 e. The molecule has 248 valence electrons. The summed E-state index contributed by atoms with van der Waals surface area (Å²) in [6.45, 7) is 0.977. The topological polar surface area (TPSA) is 125 Å². The summed E-state index contributed by atoms with van der Waals surface area (Å²) in [5.74, 6) is -4.19. The molecule has 2 aromatic heterocycles. The van der Waals surface area contributed by atoms with Crippen LogP contribution in [0, 0.1) is 0 Å². The molecule has 2 heterocycles. The molecule has 0 spiro atoms. The molecule has 0 saturated carbocycles. The van der Waals surface area contributed by atoms with Crippen molar-refractivity contribution in [2.75, 3.05) is 18.5 Å². The van der Waals surface area contributed by atoms with Crippen LogP contribution in [-0.4, -0.2) is 51.4 Å². The van der Waals surface area contributed by atoms with Gasteiger partial charge in [-0.3, -0.25) is 4.79 Å². The molecule has 1 unspecified atom stereocenters. The third-order valence-corrected chi connectivity index (χ3v) is 6.26. The van der Waals surface area contributed by atoms with Gasteiger partial charge in [0.05, 0.1) is 24.2 Å². The van der Waals surface area contributed by atoms with E-state index in [-0.39, 0.29) is 11.6 Å². The van der Waals surface area contributed by atoms with Crippen LogP contribution >= 0.6 is 0 Å². The number of nitrogens with zero attached hydrogens (tertiary/aromatic N) is 1. The molecule has 1 atom stereocenters. The van der Waals surface area contributed by atoms with Gasteiger partial charge >= 0.3 is 30.5 Å². The second-order valence-corrected chi connectivity index (χ2v) is 9.59. The number of fused-ring (bicyclic) bond motifs is 1. The maximum absolute atomic E-state index is 13.4. The first kappa shape index (κ1) is 35.5. The van der Waals surface area contributed by atoms with E-state index < -0.39 is 59.5 Å². The molecule has 4 rings (SSSR count). The van der Waals surface area contributed by atoms with Crippen LogP contribution in [0.5, 0.6) is 5.75 Å². The molecule has 0 aliphatic rings. The second kappa shape index (κ2) is 14.4. The number of carbonyl (C=O) groups is 2. The zero-order chi connectivity index (χ0) is 34.3. The third kappa shape index (κ3) is 10.0. The summed E-state index contributed by atoms with van der Waals surface area (Å²) in [5, 5.41) is 20.2. The van der Waals surface area contributed by atoms with Crippen LogP contribution in [0.25, 0.3) is 10.9 Å². The summed E-state index contributed by atoms with van der Waals surface area (Å²) in [6, 6.07) is 11.5. The SMILES string of the molecule is O=C(O)C(F)(F)F.O=C(O)CC(c1cc(C(F)(F)F)cc(C(F)(F)F)c1)c1c[nH]c2cc(OCCCNc3ccccn3)ccc12. The van der Waals surface area contributed by atoms with Crippen LogP contribution in [0.2, 0.25) is 0 Å². The number of rotatable bonds is 10. The van der Waals surface area contributed by atoms with Gasteiger partial charge < -0.3 is 25.3 Å². The molecule has 17 heteroatoms. The highest BCUT2D eigenvalue weighted by Crippen LogP contribution is 2.41. The van der Waals surface area contributed by atoms with Crippen molar-refractivity contribution < 1.29 is 64.1 Å². The Morgan fingerprint density at radius 1 is 0.891 bits per heavy atom. The molecule has 0 bridgehead atoms. The van der Waals surface area contributed by atoms with E-state index in [1.54, 1.807) is 30.5 Å². The summed E-state index contributed by atoms with van der Waals surface area (Å²) >= 11 is 0. The highest BCUT2D eigenvalue weighted by Gasteiger charge is 2.39. The van der Waals surface area contributed by atoms with Crippen LogP contribution in [0.1, 0.15) is 41.0 Å². The number of aromatic amines is 1. The van der Waals surface area contributed by atoms with Crippen LogP contribution in [0.3, 0.4) is 0 Å². The van der Waals surface area contributed by atoms with Gasteiger partial charge in [-0.05, 0) is 60.0 Å². The number of ether oxygens (including phenoxy) is 1. The van der Waals surface area contributed by atoms with Gasteiger partial charge in [-0.1, -0.05) is 6.07 Å². The fourth-order valence-corrected chi connectivity index (χ4v) is 4.21. The number of carboxylic acid groups (broad SMARTS) is 2. The number of benzene rings is 2. The van der Waals surface area contributed by atoms with Crippen molar-refractivity contribution in [1.82, 2.24) is 9.97 Å². The predicted molar refractivity (Wildman–Crippen MR) is 145 cm³/mol. The molecule has 4 aromatic rings. The van der Waals surface area contributed by atoms with Crippen LogP contribution in [0.4, 0.5) is 45.3 Å². The van der Waals surface area contributed by atoms with Gasteiger partial charge in [0, 0.05) is 41.8 Å². The van der Waals surface area contributed by atoms with Gasteiger partial charge in [-0.25, -0.2) is 9.78 Å². The molecule has 8 nitrogen and oxygen atoms in total. The first-order valence-electron chi connectivity index (χ1n) is 13.1. The lowest BCUT2D eigenvalue weighted by Crippen LogP contribution is -2.21. The zero-order valence-corrected chi connectivity index (χ0v) is 23.2. The van der Waals surface area contributed by atoms with Gasteiger partial charge in [0.25, 0.3) is 0 Å². The molecule has 0 aliphatic heterocycles. The number of carboxylic acids is 2. The van der Waals surface area contributed by atoms with Crippen molar-refractivity contribution >= 4 is 28.7 Å². The molecule has 4 N–H and O–H groups in total. The summed E-state index contributed by atoms with van der Waals surface area (Å²) in [5.41, 5.74) is -2.66.